The van der Waals surface area contributed by atoms with Gasteiger partial charge in [-0.15, -0.1) is 0 Å². The van der Waals surface area contributed by atoms with Crippen molar-refractivity contribution in [1.29, 1.82) is 5.26 Å². The number of carbonyl (C=O) groups excluding carboxylic acids is 2. The van der Waals surface area contributed by atoms with E-state index in [9.17, 15) is 9.59 Å². The van der Waals surface area contributed by atoms with Crippen LogP contribution in [0.1, 0.15) is 20.3 Å². The first-order valence-corrected chi connectivity index (χ1v) is 8.33. The minimum atomic E-state index is -0.584. The van der Waals surface area contributed by atoms with Gasteiger partial charge in [0.25, 0.3) is 0 Å². The summed E-state index contributed by atoms with van der Waals surface area (Å²) in [6, 6.07) is 17.7. The number of nitriles is 1. The highest BCUT2D eigenvalue weighted by Gasteiger charge is 2.18. The average Bonchev–Trinajstić information content (AvgIpc) is 2.63. The summed E-state index contributed by atoms with van der Waals surface area (Å²) in [7, 11) is 0. The zero-order chi connectivity index (χ0) is 18.9. The molecule has 0 saturated heterocycles. The number of ether oxygens (including phenoxy) is 1. The lowest BCUT2D eigenvalue weighted by atomic mass is 10.2. The van der Waals surface area contributed by atoms with Crippen molar-refractivity contribution in [2.24, 2.45) is 5.92 Å². The van der Waals surface area contributed by atoms with Crippen molar-refractivity contribution in [3.8, 4) is 11.8 Å². The van der Waals surface area contributed by atoms with E-state index >= 15 is 0 Å². The number of rotatable bonds is 6. The van der Waals surface area contributed by atoms with Crippen LogP contribution in [0.25, 0.3) is 0 Å². The van der Waals surface area contributed by atoms with E-state index in [-0.39, 0.29) is 24.8 Å². The third-order valence-electron chi connectivity index (χ3n) is 3.57. The second-order valence-corrected chi connectivity index (χ2v) is 5.94. The zero-order valence-electron chi connectivity index (χ0n) is 14.8. The fourth-order valence-corrected chi connectivity index (χ4v) is 2.18. The van der Waals surface area contributed by atoms with E-state index in [1.54, 1.807) is 50.2 Å². The SMILES string of the molecule is CC(C)C(=O)Nc1cccc(OC(=O)N(CCC#N)c2ccccc2)c1. The molecule has 0 aliphatic carbocycles. The molecule has 26 heavy (non-hydrogen) atoms. The summed E-state index contributed by atoms with van der Waals surface area (Å²) in [4.78, 5) is 25.8. The largest absolute Gasteiger partial charge is 0.419 e. The van der Waals surface area contributed by atoms with E-state index < -0.39 is 6.09 Å². The Bertz CT molecular complexity index is 797. The van der Waals surface area contributed by atoms with Crippen molar-refractivity contribution >= 4 is 23.4 Å². The van der Waals surface area contributed by atoms with Gasteiger partial charge in [0.15, 0.2) is 0 Å². The number of para-hydroxylation sites is 1. The Morgan fingerprint density at radius 2 is 1.88 bits per heavy atom. The lowest BCUT2D eigenvalue weighted by Gasteiger charge is -2.21. The van der Waals surface area contributed by atoms with Crippen LogP contribution in [0.5, 0.6) is 5.75 Å². The van der Waals surface area contributed by atoms with Crippen LogP contribution in [0.15, 0.2) is 54.6 Å². The van der Waals surface area contributed by atoms with E-state index in [1.165, 1.54) is 4.90 Å². The fraction of sp³-hybridized carbons (Fsp3) is 0.250. The second kappa shape index (κ2) is 9.23. The third-order valence-corrected chi connectivity index (χ3v) is 3.57. The van der Waals surface area contributed by atoms with Gasteiger partial charge in [0, 0.05) is 29.9 Å². The molecule has 0 aliphatic rings. The molecule has 0 bridgehead atoms. The van der Waals surface area contributed by atoms with Gasteiger partial charge >= 0.3 is 6.09 Å². The number of benzene rings is 2. The summed E-state index contributed by atoms with van der Waals surface area (Å²) in [5, 5.41) is 11.6. The zero-order valence-corrected chi connectivity index (χ0v) is 14.8. The molecule has 6 nitrogen and oxygen atoms in total. The van der Waals surface area contributed by atoms with Crippen LogP contribution in [0.2, 0.25) is 0 Å². The molecule has 2 aromatic carbocycles. The first-order valence-electron chi connectivity index (χ1n) is 8.33. The molecule has 0 fully saturated rings. The van der Waals surface area contributed by atoms with Crippen LogP contribution in [-0.4, -0.2) is 18.5 Å². The van der Waals surface area contributed by atoms with Crippen molar-refractivity contribution in [1.82, 2.24) is 0 Å². The number of anilines is 2. The smallest absolute Gasteiger partial charge is 0.410 e. The average molecular weight is 351 g/mol. The number of carbonyl (C=O) groups is 2. The summed E-state index contributed by atoms with van der Waals surface area (Å²) in [6.45, 7) is 3.82. The molecule has 0 heterocycles. The number of nitrogens with one attached hydrogen (secondary N) is 1. The fourth-order valence-electron chi connectivity index (χ4n) is 2.18. The maximum atomic E-state index is 12.6. The predicted molar refractivity (Wildman–Crippen MR) is 100.0 cm³/mol. The van der Waals surface area contributed by atoms with Crippen LogP contribution >= 0.6 is 0 Å². The van der Waals surface area contributed by atoms with E-state index in [0.29, 0.717) is 17.1 Å². The van der Waals surface area contributed by atoms with Crippen molar-refractivity contribution in [2.75, 3.05) is 16.8 Å². The first-order chi connectivity index (χ1) is 12.5. The summed E-state index contributed by atoms with van der Waals surface area (Å²) in [5.41, 5.74) is 1.20. The summed E-state index contributed by atoms with van der Waals surface area (Å²) < 4.78 is 5.44. The molecule has 0 radical (unpaired) electrons. The Balaban J connectivity index is 2.13. The first kappa shape index (κ1) is 19.0. The van der Waals surface area contributed by atoms with Crippen LogP contribution in [0, 0.1) is 17.2 Å². The highest BCUT2D eigenvalue weighted by Crippen LogP contribution is 2.21. The molecule has 6 heteroatoms. The Labute approximate surface area is 153 Å². The molecule has 134 valence electrons. The van der Waals surface area contributed by atoms with Crippen molar-refractivity contribution in [2.45, 2.75) is 20.3 Å². The molecule has 0 unspecified atom stereocenters. The Morgan fingerprint density at radius 3 is 2.54 bits per heavy atom. The monoisotopic (exact) mass is 351 g/mol. The molecule has 0 aliphatic heterocycles. The van der Waals surface area contributed by atoms with Gasteiger partial charge in [0.05, 0.1) is 12.5 Å². The number of nitrogens with zero attached hydrogens (tertiary/aromatic N) is 2. The number of hydrogen-bond donors (Lipinski definition) is 1. The minimum absolute atomic E-state index is 0.117. The minimum Gasteiger partial charge on any atom is -0.410 e. The second-order valence-electron chi connectivity index (χ2n) is 5.94. The van der Waals surface area contributed by atoms with Crippen LogP contribution < -0.4 is 15.0 Å². The molecule has 2 amide bonds. The molecule has 0 spiro atoms. The predicted octanol–water partition coefficient (Wildman–Crippen LogP) is 4.20. The van der Waals surface area contributed by atoms with Gasteiger partial charge in [-0.25, -0.2) is 4.79 Å². The van der Waals surface area contributed by atoms with Gasteiger partial charge in [-0.2, -0.15) is 5.26 Å². The highest BCUT2D eigenvalue weighted by atomic mass is 16.6. The molecule has 1 N–H and O–H groups in total. The molecule has 0 saturated carbocycles. The van der Waals surface area contributed by atoms with E-state index in [0.717, 1.165) is 0 Å². The Hall–Kier alpha value is -3.33. The topological polar surface area (TPSA) is 82.4 Å². The molecular formula is C20H21N3O3. The maximum absolute atomic E-state index is 12.6. The number of hydrogen-bond acceptors (Lipinski definition) is 4. The van der Waals surface area contributed by atoms with Gasteiger partial charge < -0.3 is 10.1 Å². The summed E-state index contributed by atoms with van der Waals surface area (Å²) >= 11 is 0. The van der Waals surface area contributed by atoms with Crippen LogP contribution in [-0.2, 0) is 4.79 Å². The number of amides is 2. The summed E-state index contributed by atoms with van der Waals surface area (Å²) in [6.07, 6.45) is -0.395. The molecule has 0 aromatic heterocycles. The van der Waals surface area contributed by atoms with Crippen LogP contribution in [0.4, 0.5) is 16.2 Å². The lowest BCUT2D eigenvalue weighted by molar-refractivity contribution is -0.118. The standard InChI is InChI=1S/C20H21N3O3/c1-15(2)19(24)22-16-8-6-11-18(14-16)26-20(25)23(13-7-12-21)17-9-4-3-5-10-17/h3-6,8-11,14-15H,7,13H2,1-2H3,(H,22,24). The Morgan fingerprint density at radius 1 is 1.15 bits per heavy atom. The van der Waals surface area contributed by atoms with Gasteiger partial charge in [0.1, 0.15) is 5.75 Å². The maximum Gasteiger partial charge on any atom is 0.419 e. The molecule has 0 atom stereocenters. The molecule has 2 aromatic rings. The van der Waals surface area contributed by atoms with Gasteiger partial charge in [0.2, 0.25) is 5.91 Å². The van der Waals surface area contributed by atoms with Crippen molar-refractivity contribution < 1.29 is 14.3 Å². The highest BCUT2D eigenvalue weighted by molar-refractivity contribution is 5.92. The van der Waals surface area contributed by atoms with Gasteiger partial charge in [-0.3, -0.25) is 9.69 Å². The van der Waals surface area contributed by atoms with E-state index in [2.05, 4.69) is 5.32 Å². The quantitative estimate of drug-likeness (QED) is 0.845. The van der Waals surface area contributed by atoms with Crippen molar-refractivity contribution in [3.63, 3.8) is 0 Å². The molecular weight excluding hydrogens is 330 g/mol. The third kappa shape index (κ3) is 5.35. The molecule has 2 rings (SSSR count). The van der Waals surface area contributed by atoms with Crippen molar-refractivity contribution in [3.05, 3.63) is 54.6 Å². The van der Waals surface area contributed by atoms with E-state index in [4.69, 9.17) is 10.00 Å². The lowest BCUT2D eigenvalue weighted by Crippen LogP contribution is -2.34. The van der Waals surface area contributed by atoms with Gasteiger partial charge in [-0.1, -0.05) is 38.1 Å². The normalized spacial score (nSPS) is 10.1. The summed E-state index contributed by atoms with van der Waals surface area (Å²) in [5.74, 6) is 0.0450. The van der Waals surface area contributed by atoms with E-state index in [1.807, 2.05) is 24.3 Å². The Kier molecular flexibility index (Phi) is 6.75. The van der Waals surface area contributed by atoms with Gasteiger partial charge in [-0.05, 0) is 24.3 Å². The van der Waals surface area contributed by atoms with Crippen LogP contribution in [0.3, 0.4) is 0 Å².